The normalized spacial score (nSPS) is 30.1. The van der Waals surface area contributed by atoms with E-state index in [2.05, 4.69) is 0 Å². The number of halogens is 1. The van der Waals surface area contributed by atoms with E-state index in [-0.39, 0.29) is 6.54 Å². The zero-order valence-electron chi connectivity index (χ0n) is 10.2. The van der Waals surface area contributed by atoms with Crippen molar-refractivity contribution in [2.24, 2.45) is 11.1 Å². The lowest BCUT2D eigenvalue weighted by atomic mass is 9.99. The quantitative estimate of drug-likeness (QED) is 0.860. The summed E-state index contributed by atoms with van der Waals surface area (Å²) in [6, 6.07) is 6.58. The van der Waals surface area contributed by atoms with Crippen molar-refractivity contribution in [3.63, 3.8) is 0 Å². The Labute approximate surface area is 116 Å². The van der Waals surface area contributed by atoms with E-state index < -0.39 is 32.4 Å². The van der Waals surface area contributed by atoms with Crippen LogP contribution in [0.2, 0.25) is 5.02 Å². The number of aliphatic carboxylic acids is 1. The first kappa shape index (κ1) is 14.3. The van der Waals surface area contributed by atoms with E-state index in [4.69, 9.17) is 17.3 Å². The Morgan fingerprint density at radius 1 is 1.53 bits per heavy atom. The van der Waals surface area contributed by atoms with Crippen molar-refractivity contribution in [2.75, 3.05) is 12.8 Å². The van der Waals surface area contributed by atoms with Crippen LogP contribution in [0.15, 0.2) is 24.3 Å². The molecule has 1 aliphatic carbocycles. The standard InChI is InChI=1S/C12H14ClNO4S/c1-19(17,18)10-9(12(10,6-14)11(15)16)7-3-2-4-8(13)5-7/h2-5,9-10H,6,14H2,1H3,(H,15,16)/t9-,10-,12-/m1/s1. The molecular formula is C12H14ClNO4S. The molecule has 0 heterocycles. The monoisotopic (exact) mass is 303 g/mol. The van der Waals surface area contributed by atoms with Crippen LogP contribution in [-0.2, 0) is 14.6 Å². The van der Waals surface area contributed by atoms with Gasteiger partial charge in [-0.05, 0) is 17.7 Å². The predicted molar refractivity (Wildman–Crippen MR) is 71.9 cm³/mol. The van der Waals surface area contributed by atoms with Crippen molar-refractivity contribution >= 4 is 27.4 Å². The molecule has 0 amide bonds. The van der Waals surface area contributed by atoms with Crippen LogP contribution in [0.1, 0.15) is 11.5 Å². The van der Waals surface area contributed by atoms with Gasteiger partial charge in [0.1, 0.15) is 5.41 Å². The zero-order valence-corrected chi connectivity index (χ0v) is 11.8. The molecule has 1 aliphatic rings. The molecule has 3 N–H and O–H groups in total. The van der Waals surface area contributed by atoms with Crippen LogP contribution in [0.25, 0.3) is 0 Å². The van der Waals surface area contributed by atoms with Crippen molar-refractivity contribution in [1.29, 1.82) is 0 Å². The van der Waals surface area contributed by atoms with E-state index in [0.29, 0.717) is 10.6 Å². The summed E-state index contributed by atoms with van der Waals surface area (Å²) in [5, 5.41) is 8.80. The fraction of sp³-hybridized carbons (Fsp3) is 0.417. The van der Waals surface area contributed by atoms with Crippen LogP contribution in [0.3, 0.4) is 0 Å². The minimum Gasteiger partial charge on any atom is -0.481 e. The van der Waals surface area contributed by atoms with E-state index in [1.165, 1.54) is 0 Å². The highest BCUT2D eigenvalue weighted by molar-refractivity contribution is 7.91. The number of rotatable bonds is 4. The molecule has 1 fully saturated rings. The second-order valence-electron chi connectivity index (χ2n) is 4.83. The van der Waals surface area contributed by atoms with Gasteiger partial charge in [0.25, 0.3) is 0 Å². The minimum absolute atomic E-state index is 0.225. The second-order valence-corrected chi connectivity index (χ2v) is 7.44. The Morgan fingerprint density at radius 3 is 2.53 bits per heavy atom. The molecular weight excluding hydrogens is 290 g/mol. The highest BCUT2D eigenvalue weighted by atomic mass is 35.5. The average molecular weight is 304 g/mol. The van der Waals surface area contributed by atoms with Crippen LogP contribution in [0.4, 0.5) is 0 Å². The van der Waals surface area contributed by atoms with E-state index in [0.717, 1.165) is 6.26 Å². The maximum absolute atomic E-state index is 11.8. The van der Waals surface area contributed by atoms with Crippen molar-refractivity contribution in [2.45, 2.75) is 11.2 Å². The largest absolute Gasteiger partial charge is 0.481 e. The molecule has 7 heteroatoms. The van der Waals surface area contributed by atoms with Gasteiger partial charge < -0.3 is 10.8 Å². The van der Waals surface area contributed by atoms with Crippen LogP contribution >= 0.6 is 11.6 Å². The summed E-state index contributed by atoms with van der Waals surface area (Å²) < 4.78 is 23.6. The Kier molecular flexibility index (Phi) is 3.36. The average Bonchev–Trinajstić information content (AvgIpc) is 2.99. The van der Waals surface area contributed by atoms with Gasteiger partial charge in [-0.3, -0.25) is 4.79 Å². The first-order valence-electron chi connectivity index (χ1n) is 5.63. The summed E-state index contributed by atoms with van der Waals surface area (Å²) >= 11 is 5.87. The van der Waals surface area contributed by atoms with Crippen LogP contribution < -0.4 is 5.73 Å². The lowest BCUT2D eigenvalue weighted by Gasteiger charge is -2.09. The SMILES string of the molecule is CS(=O)(=O)[C@@H]1[C@@H](c2cccc(Cl)c2)[C@@]1(CN)C(=O)O. The van der Waals surface area contributed by atoms with Crippen molar-refractivity contribution in [3.05, 3.63) is 34.9 Å². The maximum Gasteiger partial charge on any atom is 0.312 e. The highest BCUT2D eigenvalue weighted by Gasteiger charge is 2.74. The van der Waals surface area contributed by atoms with Gasteiger partial charge in [0.05, 0.1) is 5.25 Å². The molecule has 104 valence electrons. The van der Waals surface area contributed by atoms with Gasteiger partial charge in [0.2, 0.25) is 0 Å². The Hall–Kier alpha value is -1.11. The maximum atomic E-state index is 11.8. The summed E-state index contributed by atoms with van der Waals surface area (Å²) in [5.74, 6) is -1.83. The number of hydrogen-bond acceptors (Lipinski definition) is 4. The number of nitrogens with two attached hydrogens (primary N) is 1. The van der Waals surface area contributed by atoms with Gasteiger partial charge in [-0.2, -0.15) is 0 Å². The van der Waals surface area contributed by atoms with Crippen molar-refractivity contribution < 1.29 is 18.3 Å². The molecule has 1 saturated carbocycles. The fourth-order valence-electron chi connectivity index (χ4n) is 2.79. The van der Waals surface area contributed by atoms with E-state index in [1.807, 2.05) is 0 Å². The molecule has 0 radical (unpaired) electrons. The number of benzene rings is 1. The molecule has 2 rings (SSSR count). The Morgan fingerprint density at radius 2 is 2.16 bits per heavy atom. The molecule has 1 aromatic carbocycles. The molecule has 0 aliphatic heterocycles. The lowest BCUT2D eigenvalue weighted by molar-refractivity contribution is -0.143. The summed E-state index contributed by atoms with van der Waals surface area (Å²) in [7, 11) is -3.51. The molecule has 3 atom stereocenters. The van der Waals surface area contributed by atoms with Crippen molar-refractivity contribution in [3.8, 4) is 0 Å². The summed E-state index contributed by atoms with van der Waals surface area (Å²) in [6.45, 7) is -0.225. The third-order valence-electron chi connectivity index (χ3n) is 3.66. The Balaban J connectivity index is 2.53. The van der Waals surface area contributed by atoms with Gasteiger partial charge in [-0.1, -0.05) is 23.7 Å². The van der Waals surface area contributed by atoms with E-state index in [1.54, 1.807) is 24.3 Å². The summed E-state index contributed by atoms with van der Waals surface area (Å²) in [5.41, 5.74) is 4.69. The molecule has 0 aromatic heterocycles. The number of sulfone groups is 1. The molecule has 1 aromatic rings. The molecule has 0 saturated heterocycles. The smallest absolute Gasteiger partial charge is 0.312 e. The number of hydrogen-bond donors (Lipinski definition) is 2. The molecule has 0 unspecified atom stereocenters. The topological polar surface area (TPSA) is 97.5 Å². The molecule has 5 nitrogen and oxygen atoms in total. The van der Waals surface area contributed by atoms with Gasteiger partial charge in [0, 0.05) is 23.7 Å². The summed E-state index contributed by atoms with van der Waals surface area (Å²) in [4.78, 5) is 11.5. The van der Waals surface area contributed by atoms with Crippen LogP contribution in [-0.4, -0.2) is 37.5 Å². The van der Waals surface area contributed by atoms with Gasteiger partial charge in [0.15, 0.2) is 9.84 Å². The third kappa shape index (κ3) is 2.13. The van der Waals surface area contributed by atoms with Gasteiger partial charge >= 0.3 is 5.97 Å². The lowest BCUT2D eigenvalue weighted by Crippen LogP contribution is -2.31. The van der Waals surface area contributed by atoms with Gasteiger partial charge in [-0.15, -0.1) is 0 Å². The van der Waals surface area contributed by atoms with E-state index in [9.17, 15) is 18.3 Å². The van der Waals surface area contributed by atoms with Gasteiger partial charge in [-0.25, -0.2) is 8.42 Å². The Bertz CT molecular complexity index is 630. The minimum atomic E-state index is -3.51. The predicted octanol–water partition coefficient (Wildman–Crippen LogP) is 0.880. The number of carboxylic acid groups (broad SMARTS) is 1. The third-order valence-corrected chi connectivity index (χ3v) is 5.51. The number of carbonyl (C=O) groups is 1. The summed E-state index contributed by atoms with van der Waals surface area (Å²) in [6.07, 6.45) is 1.04. The highest BCUT2D eigenvalue weighted by Crippen LogP contribution is 2.62. The first-order valence-corrected chi connectivity index (χ1v) is 7.96. The second kappa shape index (κ2) is 4.47. The van der Waals surface area contributed by atoms with Crippen LogP contribution in [0, 0.1) is 5.41 Å². The zero-order chi connectivity index (χ0) is 14.4. The fourth-order valence-corrected chi connectivity index (χ4v) is 4.91. The number of carboxylic acids is 1. The molecule has 19 heavy (non-hydrogen) atoms. The molecule has 0 spiro atoms. The van der Waals surface area contributed by atoms with E-state index >= 15 is 0 Å². The first-order chi connectivity index (χ1) is 8.75. The molecule has 0 bridgehead atoms. The van der Waals surface area contributed by atoms with Crippen molar-refractivity contribution in [1.82, 2.24) is 0 Å². The van der Waals surface area contributed by atoms with Crippen LogP contribution in [0.5, 0.6) is 0 Å².